The average molecular weight is 215 g/mol. The molecule has 1 saturated carbocycles. The van der Waals surface area contributed by atoms with E-state index < -0.39 is 11.0 Å². The average Bonchev–Trinajstić information content (AvgIpc) is 2.27. The van der Waals surface area contributed by atoms with E-state index in [0.717, 1.165) is 24.0 Å². The first-order valence-electron chi connectivity index (χ1n) is 4.60. The molecular weight excluding hydrogens is 200 g/mol. The predicted molar refractivity (Wildman–Crippen MR) is 57.4 cm³/mol. The summed E-state index contributed by atoms with van der Waals surface area (Å²) in [6.07, 6.45) is 1.69. The van der Waals surface area contributed by atoms with Crippen molar-refractivity contribution in [3.63, 3.8) is 0 Å². The highest BCUT2D eigenvalue weighted by Crippen LogP contribution is 2.44. The van der Waals surface area contributed by atoms with Crippen LogP contribution in [0.2, 0.25) is 0 Å². The van der Waals surface area contributed by atoms with Gasteiger partial charge < -0.3 is 4.74 Å². The predicted octanol–water partition coefficient (Wildman–Crippen LogP) is 3.66. The maximum atomic E-state index is 10.7. The van der Waals surface area contributed by atoms with Crippen molar-refractivity contribution in [1.29, 1.82) is 0 Å². The van der Waals surface area contributed by atoms with Crippen molar-refractivity contribution in [3.8, 4) is 0 Å². The normalized spacial score (nSPS) is 31.6. The lowest BCUT2D eigenvalue weighted by atomic mass is 9.92. The van der Waals surface area contributed by atoms with E-state index >= 15 is 0 Å². The number of carbonyl (C=O) groups is 1. The van der Waals surface area contributed by atoms with Crippen LogP contribution in [0.1, 0.15) is 26.7 Å². The number of allylic oxidation sites excluding steroid dienone is 1. The number of carbonyl (C=O) groups excluding carboxylic acids is 1. The summed E-state index contributed by atoms with van der Waals surface area (Å²) in [5, 5.41) is 0. The highest BCUT2D eigenvalue weighted by molar-refractivity contribution is 6.61. The molecule has 0 aromatic heterocycles. The summed E-state index contributed by atoms with van der Waals surface area (Å²) in [6.45, 7) is 11.7. The molecule has 0 N–H and O–H groups in total. The Morgan fingerprint density at radius 3 is 2.64 bits per heavy atom. The molecule has 2 atom stereocenters. The first kappa shape index (κ1) is 11.3. The molecular formula is C11H15ClO2. The fourth-order valence-corrected chi connectivity index (χ4v) is 2.13. The van der Waals surface area contributed by atoms with Crippen LogP contribution in [0.15, 0.2) is 24.3 Å². The van der Waals surface area contributed by atoms with Gasteiger partial charge in [-0.15, -0.1) is 0 Å². The van der Waals surface area contributed by atoms with Crippen LogP contribution in [0.4, 0.5) is 4.79 Å². The summed E-state index contributed by atoms with van der Waals surface area (Å²) in [5.74, 6) is 0.246. The van der Waals surface area contributed by atoms with Crippen LogP contribution in [0.25, 0.3) is 0 Å². The SMILES string of the molecule is C=C(C)C1CCC(C)(OC(=O)Cl)C1=C. The zero-order valence-corrected chi connectivity index (χ0v) is 9.36. The smallest absolute Gasteiger partial charge is 0.404 e. The Hall–Kier alpha value is -0.760. The van der Waals surface area contributed by atoms with Crippen molar-refractivity contribution < 1.29 is 9.53 Å². The van der Waals surface area contributed by atoms with E-state index in [1.807, 2.05) is 13.8 Å². The lowest BCUT2D eigenvalue weighted by Crippen LogP contribution is -2.28. The van der Waals surface area contributed by atoms with Crippen LogP contribution < -0.4 is 0 Å². The van der Waals surface area contributed by atoms with Gasteiger partial charge in [-0.2, -0.15) is 0 Å². The molecule has 1 aliphatic rings. The molecule has 0 saturated heterocycles. The van der Waals surface area contributed by atoms with E-state index in [-0.39, 0.29) is 5.92 Å². The molecule has 1 aliphatic carbocycles. The molecule has 1 fully saturated rings. The Kier molecular flexibility index (Phi) is 3.05. The van der Waals surface area contributed by atoms with Crippen LogP contribution in [0, 0.1) is 5.92 Å². The Morgan fingerprint density at radius 1 is 1.71 bits per heavy atom. The van der Waals surface area contributed by atoms with Gasteiger partial charge in [0.1, 0.15) is 5.60 Å². The molecule has 0 spiro atoms. The largest absolute Gasteiger partial charge is 0.443 e. The van der Waals surface area contributed by atoms with Crippen molar-refractivity contribution in [3.05, 3.63) is 24.3 Å². The molecule has 0 aromatic rings. The summed E-state index contributed by atoms with van der Waals surface area (Å²) >= 11 is 5.22. The molecule has 0 aliphatic heterocycles. The second-order valence-corrected chi connectivity index (χ2v) is 4.34. The molecule has 3 heteroatoms. The minimum absolute atomic E-state index is 0.246. The van der Waals surface area contributed by atoms with E-state index in [0.29, 0.717) is 0 Å². The summed E-state index contributed by atoms with van der Waals surface area (Å²) in [5.41, 5.74) is 0.585. The third-order valence-electron chi connectivity index (χ3n) is 2.91. The van der Waals surface area contributed by atoms with Gasteiger partial charge in [-0.3, -0.25) is 0 Å². The second kappa shape index (κ2) is 3.77. The van der Waals surface area contributed by atoms with Crippen molar-refractivity contribution in [2.24, 2.45) is 5.92 Å². The van der Waals surface area contributed by atoms with Gasteiger partial charge in [0.05, 0.1) is 0 Å². The summed E-state index contributed by atoms with van der Waals surface area (Å²) < 4.78 is 5.08. The van der Waals surface area contributed by atoms with Crippen LogP contribution in [0.3, 0.4) is 0 Å². The molecule has 14 heavy (non-hydrogen) atoms. The zero-order chi connectivity index (χ0) is 10.9. The number of ether oxygens (including phenoxy) is 1. The van der Waals surface area contributed by atoms with Crippen LogP contribution in [0.5, 0.6) is 0 Å². The first-order chi connectivity index (χ1) is 6.37. The highest BCUT2D eigenvalue weighted by atomic mass is 35.5. The molecule has 0 bridgehead atoms. The fourth-order valence-electron chi connectivity index (χ4n) is 1.96. The fraction of sp³-hybridized carbons (Fsp3) is 0.545. The summed E-state index contributed by atoms with van der Waals surface area (Å²) in [6, 6.07) is 0. The molecule has 0 radical (unpaired) electrons. The van der Waals surface area contributed by atoms with Gasteiger partial charge in [-0.1, -0.05) is 18.7 Å². The van der Waals surface area contributed by atoms with Crippen molar-refractivity contribution in [2.75, 3.05) is 0 Å². The maximum absolute atomic E-state index is 10.7. The van der Waals surface area contributed by atoms with Crippen molar-refractivity contribution in [1.82, 2.24) is 0 Å². The van der Waals surface area contributed by atoms with Gasteiger partial charge in [0.25, 0.3) is 0 Å². The summed E-state index contributed by atoms with van der Waals surface area (Å²) in [7, 11) is 0. The minimum Gasteiger partial charge on any atom is -0.443 e. The molecule has 0 aromatic carbocycles. The van der Waals surface area contributed by atoms with Gasteiger partial charge in [0.2, 0.25) is 0 Å². The molecule has 2 nitrogen and oxygen atoms in total. The summed E-state index contributed by atoms with van der Waals surface area (Å²) in [4.78, 5) is 10.7. The third kappa shape index (κ3) is 2.01. The van der Waals surface area contributed by atoms with E-state index in [1.54, 1.807) is 0 Å². The van der Waals surface area contributed by atoms with Gasteiger partial charge in [-0.05, 0) is 32.3 Å². The molecule has 0 amide bonds. The van der Waals surface area contributed by atoms with Crippen LogP contribution in [-0.4, -0.2) is 11.0 Å². The van der Waals surface area contributed by atoms with Gasteiger partial charge in [-0.25, -0.2) is 4.79 Å². The number of hydrogen-bond acceptors (Lipinski definition) is 2. The van der Waals surface area contributed by atoms with Crippen molar-refractivity contribution in [2.45, 2.75) is 32.3 Å². The van der Waals surface area contributed by atoms with Crippen molar-refractivity contribution >= 4 is 17.0 Å². The monoisotopic (exact) mass is 214 g/mol. The number of rotatable bonds is 2. The lowest BCUT2D eigenvalue weighted by molar-refractivity contribution is 0.0756. The minimum atomic E-state index is -0.768. The van der Waals surface area contributed by atoms with Gasteiger partial charge >= 0.3 is 5.43 Å². The topological polar surface area (TPSA) is 26.3 Å². The Bertz CT molecular complexity index is 296. The standard InChI is InChI=1S/C11H15ClO2/c1-7(2)9-5-6-11(4,8(9)3)14-10(12)13/h9H,1,3,5-6H2,2,4H3. The Balaban J connectivity index is 2.81. The first-order valence-corrected chi connectivity index (χ1v) is 4.98. The Morgan fingerprint density at radius 2 is 2.29 bits per heavy atom. The van der Waals surface area contributed by atoms with E-state index in [4.69, 9.17) is 16.3 Å². The zero-order valence-electron chi connectivity index (χ0n) is 8.60. The van der Waals surface area contributed by atoms with Gasteiger partial charge in [0.15, 0.2) is 0 Å². The lowest BCUT2D eigenvalue weighted by Gasteiger charge is -2.25. The van der Waals surface area contributed by atoms with Crippen LogP contribution >= 0.6 is 11.6 Å². The maximum Gasteiger partial charge on any atom is 0.404 e. The van der Waals surface area contributed by atoms with E-state index in [1.165, 1.54) is 0 Å². The van der Waals surface area contributed by atoms with E-state index in [2.05, 4.69) is 13.2 Å². The highest BCUT2D eigenvalue weighted by Gasteiger charge is 2.42. The molecule has 1 rings (SSSR count). The van der Waals surface area contributed by atoms with Crippen LogP contribution in [-0.2, 0) is 4.74 Å². The molecule has 0 heterocycles. The number of hydrogen-bond donors (Lipinski definition) is 0. The quantitative estimate of drug-likeness (QED) is 0.518. The third-order valence-corrected chi connectivity index (χ3v) is 2.99. The van der Waals surface area contributed by atoms with Gasteiger partial charge in [0, 0.05) is 17.5 Å². The Labute approximate surface area is 89.6 Å². The molecule has 2 unspecified atom stereocenters. The van der Waals surface area contributed by atoms with E-state index in [9.17, 15) is 4.79 Å². The second-order valence-electron chi connectivity index (χ2n) is 4.03. The molecule has 78 valence electrons. The number of halogens is 1.